The fraction of sp³-hybridized carbons (Fsp3) is 0.293. The molecule has 0 radical (unpaired) electrons. The van der Waals surface area contributed by atoms with Gasteiger partial charge in [-0.2, -0.15) is 0 Å². The average Bonchev–Trinajstić information content (AvgIpc) is 3.50. The highest BCUT2D eigenvalue weighted by Crippen LogP contribution is 2.32. The normalized spacial score (nSPS) is 12.0. The maximum Gasteiger partial charge on any atom is 0.335 e. The Morgan fingerprint density at radius 1 is 0.900 bits per heavy atom. The minimum atomic E-state index is -0.963. The van der Waals surface area contributed by atoms with Gasteiger partial charge in [0.1, 0.15) is 18.2 Å². The predicted octanol–water partition coefficient (Wildman–Crippen LogP) is 9.87. The third-order valence-electron chi connectivity index (χ3n) is 8.57. The van der Waals surface area contributed by atoms with E-state index in [2.05, 4.69) is 49.7 Å². The number of aryl methyl sites for hydroxylation is 1. The number of benzene rings is 4. The van der Waals surface area contributed by atoms with Crippen LogP contribution in [0.5, 0.6) is 5.75 Å². The average molecular weight is 713 g/mol. The quantitative estimate of drug-likeness (QED) is 0.120. The van der Waals surface area contributed by atoms with Gasteiger partial charge >= 0.3 is 5.97 Å². The Kier molecular flexibility index (Phi) is 12.0. The smallest absolute Gasteiger partial charge is 0.335 e. The maximum absolute atomic E-state index is 13.7. The molecule has 260 valence electrons. The van der Waals surface area contributed by atoms with Crippen LogP contribution in [-0.4, -0.2) is 26.5 Å². The van der Waals surface area contributed by atoms with Crippen LogP contribution in [0.15, 0.2) is 97.2 Å². The molecule has 0 unspecified atom stereocenters. The molecule has 0 aliphatic heterocycles. The van der Waals surface area contributed by atoms with Gasteiger partial charge in [0, 0.05) is 23.3 Å². The van der Waals surface area contributed by atoms with Gasteiger partial charge in [-0.1, -0.05) is 106 Å². The van der Waals surface area contributed by atoms with Gasteiger partial charge in [-0.25, -0.2) is 9.78 Å². The Hall–Kier alpha value is -4.59. The van der Waals surface area contributed by atoms with Gasteiger partial charge in [-0.15, -0.1) is 0 Å². The molecule has 0 saturated heterocycles. The zero-order valence-corrected chi connectivity index (χ0v) is 30.4. The van der Waals surface area contributed by atoms with Gasteiger partial charge in [0.2, 0.25) is 5.91 Å². The fourth-order valence-corrected chi connectivity index (χ4v) is 6.18. The van der Waals surface area contributed by atoms with Crippen molar-refractivity contribution in [1.82, 2.24) is 14.9 Å². The van der Waals surface area contributed by atoms with Crippen molar-refractivity contribution in [2.24, 2.45) is 0 Å². The number of imidazole rings is 1. The Balaban J connectivity index is 1.39. The molecule has 7 nitrogen and oxygen atoms in total. The highest BCUT2D eigenvalue weighted by molar-refractivity contribution is 6.36. The second kappa shape index (κ2) is 16.4. The number of hydrogen-bond acceptors (Lipinski definition) is 4. The summed E-state index contributed by atoms with van der Waals surface area (Å²) in [5.74, 6) is 0.374. The molecule has 9 heteroatoms. The summed E-state index contributed by atoms with van der Waals surface area (Å²) in [6.45, 7) is 9.71. The van der Waals surface area contributed by atoms with E-state index in [4.69, 9.17) is 38.0 Å². The first-order valence-corrected chi connectivity index (χ1v) is 17.6. The number of carbonyl (C=O) groups is 2. The third kappa shape index (κ3) is 9.77. The van der Waals surface area contributed by atoms with E-state index in [-0.39, 0.29) is 23.3 Å². The molecular formula is C41H43Cl2N3O4. The number of hydrogen-bond donors (Lipinski definition) is 2. The molecule has 0 bridgehead atoms. The van der Waals surface area contributed by atoms with Crippen molar-refractivity contribution < 1.29 is 19.4 Å². The van der Waals surface area contributed by atoms with Crippen molar-refractivity contribution in [3.05, 3.63) is 141 Å². The standard InChI is InChI=1S/C41H43Cl2N3O4/c1-5-6-21-46-25-37(34-20-17-32(42)24-35(34)43)45-39(46)36(44-38(47)23-28-9-15-31(16-10-28)41(2,3)4)22-27-11-18-33(19-12-27)50-26-29-7-13-30(14-8-29)40(48)49/h7-20,24-25,36H,5-6,21-23,26H2,1-4H3,(H,44,47)(H,48,49)/t36-/m0/s1. The van der Waals surface area contributed by atoms with Crippen LogP contribution in [0.3, 0.4) is 0 Å². The Labute approximate surface area is 304 Å². The number of carbonyl (C=O) groups excluding carboxylic acids is 1. The van der Waals surface area contributed by atoms with Crippen LogP contribution in [-0.2, 0) is 36.2 Å². The van der Waals surface area contributed by atoms with E-state index >= 15 is 0 Å². The van der Waals surface area contributed by atoms with Crippen LogP contribution in [0.4, 0.5) is 0 Å². The zero-order chi connectivity index (χ0) is 35.8. The van der Waals surface area contributed by atoms with E-state index in [1.165, 1.54) is 5.56 Å². The van der Waals surface area contributed by atoms with Crippen molar-refractivity contribution in [2.45, 2.75) is 78.0 Å². The Morgan fingerprint density at radius 3 is 2.18 bits per heavy atom. The molecule has 2 N–H and O–H groups in total. The highest BCUT2D eigenvalue weighted by Gasteiger charge is 2.24. The highest BCUT2D eigenvalue weighted by atomic mass is 35.5. The lowest BCUT2D eigenvalue weighted by molar-refractivity contribution is -0.121. The van der Waals surface area contributed by atoms with Crippen molar-refractivity contribution >= 4 is 35.1 Å². The van der Waals surface area contributed by atoms with Crippen LogP contribution < -0.4 is 10.1 Å². The lowest BCUT2D eigenvalue weighted by atomic mass is 9.86. The molecule has 4 aromatic carbocycles. The molecular weight excluding hydrogens is 669 g/mol. The van der Waals surface area contributed by atoms with Crippen molar-refractivity contribution in [1.29, 1.82) is 0 Å². The van der Waals surface area contributed by atoms with Gasteiger partial charge in [-0.3, -0.25) is 4.79 Å². The zero-order valence-electron chi connectivity index (χ0n) is 28.9. The molecule has 1 atom stereocenters. The largest absolute Gasteiger partial charge is 0.489 e. The summed E-state index contributed by atoms with van der Waals surface area (Å²) >= 11 is 12.8. The molecule has 0 fully saturated rings. The van der Waals surface area contributed by atoms with Gasteiger partial charge in [0.25, 0.3) is 0 Å². The van der Waals surface area contributed by atoms with Gasteiger partial charge in [0.15, 0.2) is 0 Å². The first kappa shape index (κ1) is 36.7. The monoisotopic (exact) mass is 711 g/mol. The molecule has 0 spiro atoms. The molecule has 0 aliphatic rings. The topological polar surface area (TPSA) is 93.5 Å². The van der Waals surface area contributed by atoms with E-state index in [1.54, 1.807) is 36.4 Å². The Bertz CT molecular complexity index is 1910. The molecule has 50 heavy (non-hydrogen) atoms. The second-order valence-corrected chi connectivity index (χ2v) is 14.4. The molecule has 1 amide bonds. The lowest BCUT2D eigenvalue weighted by Crippen LogP contribution is -2.33. The summed E-state index contributed by atoms with van der Waals surface area (Å²) in [5, 5.41) is 13.5. The summed E-state index contributed by atoms with van der Waals surface area (Å²) in [7, 11) is 0. The van der Waals surface area contributed by atoms with E-state index in [0.717, 1.165) is 53.2 Å². The van der Waals surface area contributed by atoms with E-state index in [0.29, 0.717) is 28.8 Å². The van der Waals surface area contributed by atoms with Crippen LogP contribution in [0.25, 0.3) is 11.3 Å². The number of aromatic carboxylic acids is 1. The van der Waals surface area contributed by atoms with Gasteiger partial charge in [-0.05, 0) is 83.0 Å². The maximum atomic E-state index is 13.7. The van der Waals surface area contributed by atoms with Crippen LogP contribution >= 0.6 is 23.2 Å². The SMILES string of the molecule is CCCCn1cc(-c2ccc(Cl)cc2Cl)nc1[C@H](Cc1ccc(OCc2ccc(C(=O)O)cc2)cc1)NC(=O)Cc1ccc(C(C)(C)C)cc1. The molecule has 5 aromatic rings. The molecule has 1 heterocycles. The van der Waals surface area contributed by atoms with Crippen molar-refractivity contribution in [3.63, 3.8) is 0 Å². The molecule has 0 saturated carbocycles. The Morgan fingerprint density at radius 2 is 1.56 bits per heavy atom. The summed E-state index contributed by atoms with van der Waals surface area (Å²) in [6, 6.07) is 27.6. The van der Waals surface area contributed by atoms with E-state index in [1.807, 2.05) is 48.7 Å². The number of carboxylic acids is 1. The number of halogens is 2. The van der Waals surface area contributed by atoms with Crippen LogP contribution in [0.1, 0.15) is 85.0 Å². The predicted molar refractivity (Wildman–Crippen MR) is 200 cm³/mol. The number of carboxylic acid groups (broad SMARTS) is 1. The number of rotatable bonds is 14. The first-order valence-electron chi connectivity index (χ1n) is 16.8. The fourth-order valence-electron chi connectivity index (χ4n) is 5.67. The number of nitrogens with zero attached hydrogens (tertiary/aromatic N) is 2. The summed E-state index contributed by atoms with van der Waals surface area (Å²) in [4.78, 5) is 29.9. The number of unbranched alkanes of at least 4 members (excludes halogenated alkanes) is 1. The van der Waals surface area contributed by atoms with Gasteiger partial charge in [0.05, 0.1) is 28.7 Å². The first-order chi connectivity index (χ1) is 23.9. The number of amides is 1. The van der Waals surface area contributed by atoms with E-state index < -0.39 is 12.0 Å². The molecule has 0 aliphatic carbocycles. The second-order valence-electron chi connectivity index (χ2n) is 13.5. The third-order valence-corrected chi connectivity index (χ3v) is 9.12. The van der Waals surface area contributed by atoms with Crippen LogP contribution in [0, 0.1) is 0 Å². The number of nitrogens with one attached hydrogen (secondary N) is 1. The summed E-state index contributed by atoms with van der Waals surface area (Å²) in [6.07, 6.45) is 4.70. The summed E-state index contributed by atoms with van der Waals surface area (Å²) < 4.78 is 8.10. The number of aromatic nitrogens is 2. The van der Waals surface area contributed by atoms with Gasteiger partial charge < -0.3 is 19.7 Å². The van der Waals surface area contributed by atoms with Crippen molar-refractivity contribution in [3.8, 4) is 17.0 Å². The minimum Gasteiger partial charge on any atom is -0.489 e. The lowest BCUT2D eigenvalue weighted by Gasteiger charge is -2.21. The molecule has 5 rings (SSSR count). The van der Waals surface area contributed by atoms with Crippen LogP contribution in [0.2, 0.25) is 10.0 Å². The molecule has 1 aromatic heterocycles. The van der Waals surface area contributed by atoms with Crippen molar-refractivity contribution in [2.75, 3.05) is 0 Å². The van der Waals surface area contributed by atoms with E-state index in [9.17, 15) is 9.59 Å². The number of ether oxygens (including phenoxy) is 1. The summed E-state index contributed by atoms with van der Waals surface area (Å²) in [5.41, 5.74) is 5.78. The minimum absolute atomic E-state index is 0.0281.